The third kappa shape index (κ3) is 4.12. The fourth-order valence-electron chi connectivity index (χ4n) is 5.18. The minimum absolute atomic E-state index is 0.249. The number of benzene rings is 2. The van der Waals surface area contributed by atoms with Crippen LogP contribution in [0, 0.1) is 25.2 Å². The maximum absolute atomic E-state index is 6.18. The summed E-state index contributed by atoms with van der Waals surface area (Å²) in [5.74, 6) is 1.68. The Labute approximate surface area is 196 Å². The highest BCUT2D eigenvalue weighted by Crippen LogP contribution is 2.48. The first kappa shape index (κ1) is 22.3. The molecule has 1 saturated carbocycles. The van der Waals surface area contributed by atoms with Crippen LogP contribution in [0.25, 0.3) is 0 Å². The number of hydrogen-bond donors (Lipinski definition) is 1. The number of thiocarbonyl (C=S) groups is 1. The zero-order chi connectivity index (χ0) is 22.4. The molecule has 1 heterocycles. The standard InChI is InChI=1S/C26H32ClN3S/c1-17-7-6-8-18(2)22(17)28-23-26(15-13-19(14-16-26)25(3,4)5)30(24(31)29-23)21-11-9-20(27)10-12-21/h6-12,19H,13-16H2,1-5H3,(H,28,29,31). The van der Waals surface area contributed by atoms with Gasteiger partial charge < -0.3 is 10.2 Å². The molecule has 0 atom stereocenters. The fourth-order valence-corrected chi connectivity index (χ4v) is 5.68. The summed E-state index contributed by atoms with van der Waals surface area (Å²) in [4.78, 5) is 7.21. The zero-order valence-corrected chi connectivity index (χ0v) is 20.7. The molecule has 31 heavy (non-hydrogen) atoms. The average molecular weight is 454 g/mol. The van der Waals surface area contributed by atoms with Gasteiger partial charge in [-0.3, -0.25) is 0 Å². The largest absolute Gasteiger partial charge is 0.341 e. The maximum atomic E-state index is 6.18. The predicted molar refractivity (Wildman–Crippen MR) is 138 cm³/mol. The second-order valence-corrected chi connectivity index (χ2v) is 10.9. The summed E-state index contributed by atoms with van der Waals surface area (Å²) in [7, 11) is 0. The van der Waals surface area contributed by atoms with Gasteiger partial charge in [0.15, 0.2) is 0 Å². The molecule has 1 aliphatic heterocycles. The summed E-state index contributed by atoms with van der Waals surface area (Å²) in [6.45, 7) is 11.4. The lowest BCUT2D eigenvalue weighted by molar-refractivity contribution is 0.158. The molecule has 5 heteroatoms. The Hall–Kier alpha value is -1.91. The molecule has 1 N–H and O–H groups in total. The Bertz CT molecular complexity index is 992. The minimum atomic E-state index is -0.249. The zero-order valence-electron chi connectivity index (χ0n) is 19.1. The molecule has 0 bridgehead atoms. The molecule has 2 aliphatic rings. The molecule has 0 aromatic heterocycles. The van der Waals surface area contributed by atoms with Gasteiger partial charge in [0, 0.05) is 16.4 Å². The Kier molecular flexibility index (Phi) is 5.91. The maximum Gasteiger partial charge on any atom is 0.202 e. The van der Waals surface area contributed by atoms with Crippen molar-refractivity contribution in [2.45, 2.75) is 65.8 Å². The highest BCUT2D eigenvalue weighted by Gasteiger charge is 2.51. The highest BCUT2D eigenvalue weighted by molar-refractivity contribution is 7.80. The van der Waals surface area contributed by atoms with Crippen LogP contribution in [0.5, 0.6) is 0 Å². The normalized spacial score (nSPS) is 23.9. The molecular formula is C26H32ClN3S. The van der Waals surface area contributed by atoms with E-state index in [4.69, 9.17) is 28.8 Å². The highest BCUT2D eigenvalue weighted by atomic mass is 35.5. The van der Waals surface area contributed by atoms with Crippen LogP contribution in [0.3, 0.4) is 0 Å². The van der Waals surface area contributed by atoms with Gasteiger partial charge in [-0.2, -0.15) is 0 Å². The van der Waals surface area contributed by atoms with Gasteiger partial charge in [0.2, 0.25) is 5.11 Å². The predicted octanol–water partition coefficient (Wildman–Crippen LogP) is 7.55. The average Bonchev–Trinajstić information content (AvgIpc) is 2.96. The van der Waals surface area contributed by atoms with E-state index in [1.165, 1.54) is 11.1 Å². The summed E-state index contributed by atoms with van der Waals surface area (Å²) >= 11 is 12.0. The van der Waals surface area contributed by atoms with Gasteiger partial charge in [0.25, 0.3) is 0 Å². The molecule has 0 saturated heterocycles. The smallest absolute Gasteiger partial charge is 0.202 e. The van der Waals surface area contributed by atoms with Gasteiger partial charge in [-0.1, -0.05) is 50.6 Å². The molecule has 0 amide bonds. The van der Waals surface area contributed by atoms with Crippen molar-refractivity contribution in [3.05, 3.63) is 58.6 Å². The number of nitrogens with zero attached hydrogens (tertiary/aromatic N) is 2. The minimum Gasteiger partial charge on any atom is -0.341 e. The molecule has 2 aromatic rings. The lowest BCUT2D eigenvalue weighted by atomic mass is 9.66. The summed E-state index contributed by atoms with van der Waals surface area (Å²) < 4.78 is 0. The number of nitrogens with one attached hydrogen (secondary N) is 1. The molecular weight excluding hydrogens is 422 g/mol. The van der Waals surface area contributed by atoms with E-state index in [0.29, 0.717) is 16.4 Å². The monoisotopic (exact) mass is 453 g/mol. The summed E-state index contributed by atoms with van der Waals surface area (Å²) in [5.41, 5.74) is 4.70. The van der Waals surface area contributed by atoms with Gasteiger partial charge in [-0.25, -0.2) is 4.99 Å². The number of halogens is 1. The van der Waals surface area contributed by atoms with Crippen LogP contribution < -0.4 is 10.2 Å². The Morgan fingerprint density at radius 2 is 1.61 bits per heavy atom. The number of amidine groups is 1. The van der Waals surface area contributed by atoms with E-state index in [9.17, 15) is 0 Å². The molecule has 3 nitrogen and oxygen atoms in total. The number of para-hydroxylation sites is 1. The van der Waals surface area contributed by atoms with E-state index >= 15 is 0 Å². The molecule has 1 aliphatic carbocycles. The summed E-state index contributed by atoms with van der Waals surface area (Å²) in [6, 6.07) is 14.4. The van der Waals surface area contributed by atoms with Crippen molar-refractivity contribution in [2.75, 3.05) is 10.2 Å². The molecule has 1 fully saturated rings. The van der Waals surface area contributed by atoms with Crippen molar-refractivity contribution in [3.63, 3.8) is 0 Å². The van der Waals surface area contributed by atoms with Crippen molar-refractivity contribution in [1.82, 2.24) is 0 Å². The Morgan fingerprint density at radius 3 is 2.16 bits per heavy atom. The van der Waals surface area contributed by atoms with E-state index in [1.54, 1.807) is 0 Å². The first-order valence-corrected chi connectivity index (χ1v) is 11.9. The van der Waals surface area contributed by atoms with E-state index in [2.05, 4.69) is 75.2 Å². The van der Waals surface area contributed by atoms with Crippen molar-refractivity contribution in [2.24, 2.45) is 16.3 Å². The van der Waals surface area contributed by atoms with Crippen LogP contribution in [0.15, 0.2) is 47.5 Å². The molecule has 2 aromatic carbocycles. The van der Waals surface area contributed by atoms with E-state index < -0.39 is 0 Å². The van der Waals surface area contributed by atoms with Crippen LogP contribution in [0.4, 0.5) is 11.4 Å². The fraction of sp³-hybridized carbons (Fsp3) is 0.462. The lowest BCUT2D eigenvalue weighted by Gasteiger charge is -2.47. The van der Waals surface area contributed by atoms with Crippen molar-refractivity contribution in [3.8, 4) is 0 Å². The SMILES string of the molecule is Cc1cccc(C)c1NC1=NC(=S)N(c2ccc(Cl)cc2)C12CCC(C(C)(C)C)CC2. The third-order valence-corrected chi connectivity index (χ3v) is 7.64. The summed E-state index contributed by atoms with van der Waals surface area (Å²) in [5, 5.41) is 5.09. The molecule has 164 valence electrons. The summed E-state index contributed by atoms with van der Waals surface area (Å²) in [6.07, 6.45) is 4.36. The Morgan fingerprint density at radius 1 is 1.03 bits per heavy atom. The van der Waals surface area contributed by atoms with Gasteiger partial charge in [-0.05, 0) is 98.5 Å². The van der Waals surface area contributed by atoms with Crippen molar-refractivity contribution < 1.29 is 0 Å². The van der Waals surface area contributed by atoms with E-state index in [0.717, 1.165) is 47.9 Å². The second kappa shape index (κ2) is 8.22. The molecule has 1 spiro atoms. The van der Waals surface area contributed by atoms with Crippen LogP contribution >= 0.6 is 23.8 Å². The van der Waals surface area contributed by atoms with Crippen LogP contribution in [0.1, 0.15) is 57.6 Å². The van der Waals surface area contributed by atoms with Crippen LogP contribution in [0.2, 0.25) is 5.02 Å². The van der Waals surface area contributed by atoms with Gasteiger partial charge in [0.1, 0.15) is 11.4 Å². The third-order valence-electron chi connectivity index (χ3n) is 7.11. The number of rotatable bonds is 2. The van der Waals surface area contributed by atoms with Crippen molar-refractivity contribution in [1.29, 1.82) is 0 Å². The lowest BCUT2D eigenvalue weighted by Crippen LogP contribution is -2.56. The molecule has 0 unspecified atom stereocenters. The molecule has 0 radical (unpaired) electrons. The second-order valence-electron chi connectivity index (χ2n) is 10.1. The number of anilines is 2. The van der Waals surface area contributed by atoms with E-state index in [-0.39, 0.29) is 5.54 Å². The number of aliphatic imine (C=N–C) groups is 1. The van der Waals surface area contributed by atoms with Gasteiger partial charge in [-0.15, -0.1) is 0 Å². The molecule has 4 rings (SSSR count). The van der Waals surface area contributed by atoms with Crippen LogP contribution in [-0.2, 0) is 0 Å². The van der Waals surface area contributed by atoms with E-state index in [1.807, 2.05) is 12.1 Å². The van der Waals surface area contributed by atoms with Gasteiger partial charge >= 0.3 is 0 Å². The first-order chi connectivity index (χ1) is 14.6. The quantitative estimate of drug-likeness (QED) is 0.475. The first-order valence-electron chi connectivity index (χ1n) is 11.1. The topological polar surface area (TPSA) is 27.6 Å². The Balaban J connectivity index is 1.74. The number of aryl methyl sites for hydroxylation is 2. The van der Waals surface area contributed by atoms with Crippen molar-refractivity contribution >= 4 is 46.1 Å². The number of hydrogen-bond acceptors (Lipinski definition) is 2. The van der Waals surface area contributed by atoms with Gasteiger partial charge in [0.05, 0.1) is 0 Å². The van der Waals surface area contributed by atoms with Crippen LogP contribution in [-0.4, -0.2) is 16.5 Å².